The Balaban J connectivity index is 1.60. The normalized spacial score (nSPS) is 13.4. The number of anilines is 2. The molecule has 4 aromatic rings. The predicted octanol–water partition coefficient (Wildman–Crippen LogP) is 3.99. The molecule has 1 fully saturated rings. The minimum Gasteiger partial charge on any atom is -0.383 e. The number of nitrogens with one attached hydrogen (secondary N) is 1. The topological polar surface area (TPSA) is 107 Å². The van der Waals surface area contributed by atoms with E-state index in [0.29, 0.717) is 22.9 Å². The molecule has 7 heteroatoms. The Morgan fingerprint density at radius 1 is 1.10 bits per heavy atom. The molecule has 0 bridgehead atoms. The first-order chi connectivity index (χ1) is 14.6. The van der Waals surface area contributed by atoms with Crippen LogP contribution in [0.1, 0.15) is 18.4 Å². The van der Waals surface area contributed by atoms with Gasteiger partial charge >= 0.3 is 0 Å². The van der Waals surface area contributed by atoms with E-state index in [9.17, 15) is 4.79 Å². The van der Waals surface area contributed by atoms with Crippen molar-refractivity contribution in [2.24, 2.45) is 5.92 Å². The molecule has 148 valence electrons. The number of carbonyl (C=O) groups is 1. The maximum Gasteiger partial charge on any atom is 0.227 e. The first-order valence-electron chi connectivity index (χ1n) is 9.83. The van der Waals surface area contributed by atoms with Gasteiger partial charge in [0.25, 0.3) is 0 Å². The summed E-state index contributed by atoms with van der Waals surface area (Å²) in [6, 6.07) is 9.50. The summed E-state index contributed by atoms with van der Waals surface area (Å²) in [5.74, 6) is 0.555. The largest absolute Gasteiger partial charge is 0.383 e. The number of pyridine rings is 4. The molecule has 4 aromatic heterocycles. The third-order valence-corrected chi connectivity index (χ3v) is 5.32. The van der Waals surface area contributed by atoms with Crippen molar-refractivity contribution >= 4 is 28.2 Å². The summed E-state index contributed by atoms with van der Waals surface area (Å²) >= 11 is 0. The lowest BCUT2D eigenvalue weighted by Crippen LogP contribution is -2.14. The standard InChI is InChI=1S/C23H20N6O/c1-13-6-8-25-11-16(13)19-9-15-10-20(27-12-17(15)22(24)28-19)21-18(3-2-7-26-21)29-23(30)14-4-5-14/h2-3,6-12,14H,4-5H2,1H3,(H2,24,28)(H,29,30). The first-order valence-corrected chi connectivity index (χ1v) is 9.83. The predicted molar refractivity (Wildman–Crippen MR) is 117 cm³/mol. The second-order valence-corrected chi connectivity index (χ2v) is 7.54. The van der Waals surface area contributed by atoms with Crippen molar-refractivity contribution in [3.05, 3.63) is 60.7 Å². The molecule has 1 saturated carbocycles. The molecule has 7 nitrogen and oxygen atoms in total. The Hall–Kier alpha value is -3.87. The summed E-state index contributed by atoms with van der Waals surface area (Å²) < 4.78 is 0. The lowest BCUT2D eigenvalue weighted by atomic mass is 10.0. The number of aryl methyl sites for hydroxylation is 1. The Kier molecular flexibility index (Phi) is 4.35. The molecule has 30 heavy (non-hydrogen) atoms. The summed E-state index contributed by atoms with van der Waals surface area (Å²) in [6.07, 6.45) is 8.82. The molecule has 0 saturated heterocycles. The fourth-order valence-corrected chi connectivity index (χ4v) is 3.46. The highest BCUT2D eigenvalue weighted by Gasteiger charge is 2.30. The van der Waals surface area contributed by atoms with Gasteiger partial charge in [-0.3, -0.25) is 19.7 Å². The van der Waals surface area contributed by atoms with E-state index < -0.39 is 0 Å². The van der Waals surface area contributed by atoms with Crippen molar-refractivity contribution < 1.29 is 4.79 Å². The van der Waals surface area contributed by atoms with Crippen LogP contribution in [0.5, 0.6) is 0 Å². The third kappa shape index (κ3) is 3.34. The van der Waals surface area contributed by atoms with Gasteiger partial charge in [0, 0.05) is 41.7 Å². The van der Waals surface area contributed by atoms with Crippen molar-refractivity contribution in [2.75, 3.05) is 11.1 Å². The Morgan fingerprint density at radius 3 is 2.73 bits per heavy atom. The molecular formula is C23H20N6O. The molecule has 5 rings (SSSR count). The molecule has 0 radical (unpaired) electrons. The molecule has 1 amide bonds. The van der Waals surface area contributed by atoms with Gasteiger partial charge in [-0.05, 0) is 61.0 Å². The van der Waals surface area contributed by atoms with Gasteiger partial charge in [-0.25, -0.2) is 4.98 Å². The van der Waals surface area contributed by atoms with E-state index in [4.69, 9.17) is 5.73 Å². The van der Waals surface area contributed by atoms with Gasteiger partial charge in [0.2, 0.25) is 5.91 Å². The fourth-order valence-electron chi connectivity index (χ4n) is 3.46. The number of nitrogen functional groups attached to an aromatic ring is 1. The molecule has 3 N–H and O–H groups in total. The van der Waals surface area contributed by atoms with Gasteiger partial charge in [-0.1, -0.05) is 0 Å². The summed E-state index contributed by atoms with van der Waals surface area (Å²) in [5.41, 5.74) is 10.9. The SMILES string of the molecule is Cc1ccncc1-c1cc2cc(-c3ncccc3NC(=O)C3CC3)ncc2c(N)n1. The number of amides is 1. The van der Waals surface area contributed by atoms with Crippen LogP contribution in [0.2, 0.25) is 0 Å². The van der Waals surface area contributed by atoms with Crippen LogP contribution in [0.15, 0.2) is 55.1 Å². The minimum absolute atomic E-state index is 0.0350. The Labute approximate surface area is 173 Å². The summed E-state index contributed by atoms with van der Waals surface area (Å²) in [5, 5.41) is 4.65. The zero-order valence-electron chi connectivity index (χ0n) is 16.5. The lowest BCUT2D eigenvalue weighted by molar-refractivity contribution is -0.117. The Morgan fingerprint density at radius 2 is 1.93 bits per heavy atom. The lowest BCUT2D eigenvalue weighted by Gasteiger charge is -2.12. The van der Waals surface area contributed by atoms with E-state index in [0.717, 1.165) is 40.4 Å². The number of fused-ring (bicyclic) bond motifs is 1. The summed E-state index contributed by atoms with van der Waals surface area (Å²) in [4.78, 5) is 30.0. The zero-order valence-corrected chi connectivity index (χ0v) is 16.5. The van der Waals surface area contributed by atoms with Gasteiger partial charge in [-0.2, -0.15) is 0 Å². The van der Waals surface area contributed by atoms with Crippen LogP contribution in [-0.2, 0) is 4.79 Å². The van der Waals surface area contributed by atoms with E-state index in [1.54, 1.807) is 30.9 Å². The van der Waals surface area contributed by atoms with Crippen molar-refractivity contribution in [3.8, 4) is 22.6 Å². The van der Waals surface area contributed by atoms with Crippen LogP contribution in [0, 0.1) is 12.8 Å². The molecule has 0 spiro atoms. The van der Waals surface area contributed by atoms with Crippen molar-refractivity contribution in [2.45, 2.75) is 19.8 Å². The molecule has 1 aliphatic carbocycles. The van der Waals surface area contributed by atoms with Crippen molar-refractivity contribution in [1.29, 1.82) is 0 Å². The smallest absolute Gasteiger partial charge is 0.227 e. The van der Waals surface area contributed by atoms with Gasteiger partial charge in [0.1, 0.15) is 11.5 Å². The first kappa shape index (κ1) is 18.2. The highest BCUT2D eigenvalue weighted by molar-refractivity contribution is 5.99. The number of carbonyl (C=O) groups excluding carboxylic acids is 1. The highest BCUT2D eigenvalue weighted by Crippen LogP contribution is 2.33. The second kappa shape index (κ2) is 7.18. The molecule has 0 atom stereocenters. The van der Waals surface area contributed by atoms with Gasteiger partial charge in [0.05, 0.1) is 17.1 Å². The van der Waals surface area contributed by atoms with Crippen LogP contribution < -0.4 is 11.1 Å². The van der Waals surface area contributed by atoms with Crippen LogP contribution in [-0.4, -0.2) is 25.8 Å². The van der Waals surface area contributed by atoms with E-state index in [1.165, 1.54) is 0 Å². The highest BCUT2D eigenvalue weighted by atomic mass is 16.2. The third-order valence-electron chi connectivity index (χ3n) is 5.32. The van der Waals surface area contributed by atoms with E-state index in [1.807, 2.05) is 31.2 Å². The average Bonchev–Trinajstić information content (AvgIpc) is 3.59. The number of nitrogens with two attached hydrogens (primary N) is 1. The minimum atomic E-state index is 0.0350. The number of hydrogen-bond acceptors (Lipinski definition) is 6. The van der Waals surface area contributed by atoms with Crippen molar-refractivity contribution in [3.63, 3.8) is 0 Å². The average molecular weight is 396 g/mol. The van der Waals surface area contributed by atoms with E-state index in [2.05, 4.69) is 25.3 Å². The summed E-state index contributed by atoms with van der Waals surface area (Å²) in [7, 11) is 0. The number of rotatable bonds is 4. The number of aromatic nitrogens is 4. The Bertz CT molecular complexity index is 1280. The second-order valence-electron chi connectivity index (χ2n) is 7.54. The van der Waals surface area contributed by atoms with Crippen LogP contribution in [0.4, 0.5) is 11.5 Å². The van der Waals surface area contributed by atoms with Crippen LogP contribution in [0.3, 0.4) is 0 Å². The molecule has 1 aliphatic rings. The quantitative estimate of drug-likeness (QED) is 0.540. The van der Waals surface area contributed by atoms with E-state index >= 15 is 0 Å². The molecule has 0 aliphatic heterocycles. The van der Waals surface area contributed by atoms with E-state index in [-0.39, 0.29) is 11.8 Å². The maximum atomic E-state index is 12.3. The monoisotopic (exact) mass is 396 g/mol. The molecule has 0 aromatic carbocycles. The number of nitrogens with zero attached hydrogens (tertiary/aromatic N) is 4. The van der Waals surface area contributed by atoms with Crippen molar-refractivity contribution in [1.82, 2.24) is 19.9 Å². The molecular weight excluding hydrogens is 376 g/mol. The van der Waals surface area contributed by atoms with Gasteiger partial charge < -0.3 is 11.1 Å². The summed E-state index contributed by atoms with van der Waals surface area (Å²) in [6.45, 7) is 2.01. The number of hydrogen-bond donors (Lipinski definition) is 2. The maximum absolute atomic E-state index is 12.3. The van der Waals surface area contributed by atoms with Gasteiger partial charge in [-0.15, -0.1) is 0 Å². The van der Waals surface area contributed by atoms with Gasteiger partial charge in [0.15, 0.2) is 0 Å². The molecule has 0 unspecified atom stereocenters. The zero-order chi connectivity index (χ0) is 20.7. The molecule has 4 heterocycles. The van der Waals surface area contributed by atoms with Crippen LogP contribution >= 0.6 is 0 Å². The fraction of sp³-hybridized carbons (Fsp3) is 0.174. The van der Waals surface area contributed by atoms with Crippen LogP contribution in [0.25, 0.3) is 33.4 Å².